The van der Waals surface area contributed by atoms with Gasteiger partial charge < -0.3 is 10.6 Å². The van der Waals surface area contributed by atoms with Crippen LogP contribution in [-0.2, 0) is 13.6 Å². The third-order valence-electron chi connectivity index (χ3n) is 2.92. The van der Waals surface area contributed by atoms with Crippen LogP contribution in [0.25, 0.3) is 0 Å². The Hall–Kier alpha value is -1.96. The number of nitrogens with one attached hydrogen (secondary N) is 2. The summed E-state index contributed by atoms with van der Waals surface area (Å²) in [5.74, 6) is -0.221. The molecule has 0 fully saturated rings. The maximum Gasteiger partial charge on any atom is 0.282 e. The smallest absolute Gasteiger partial charge is 0.282 e. The molecule has 2 heterocycles. The molecule has 0 radical (unpaired) electrons. The summed E-state index contributed by atoms with van der Waals surface area (Å²) in [7, 11) is 3.63. The van der Waals surface area contributed by atoms with Crippen molar-refractivity contribution in [1.29, 1.82) is 0 Å². The minimum absolute atomic E-state index is 0.221. The van der Waals surface area contributed by atoms with E-state index in [1.54, 1.807) is 11.7 Å². The lowest BCUT2D eigenvalue weighted by Gasteiger charge is -2.03. The van der Waals surface area contributed by atoms with Gasteiger partial charge in [0.1, 0.15) is 0 Å². The van der Waals surface area contributed by atoms with Crippen LogP contribution in [0.3, 0.4) is 0 Å². The van der Waals surface area contributed by atoms with Gasteiger partial charge in [-0.05, 0) is 13.8 Å². The van der Waals surface area contributed by atoms with Crippen molar-refractivity contribution in [2.24, 2.45) is 7.05 Å². The molecule has 102 valence electrons. The molecule has 0 spiro atoms. The van der Waals surface area contributed by atoms with Crippen molar-refractivity contribution in [2.45, 2.75) is 20.4 Å². The SMILES string of the molecule is CNc1nnc(C(=O)NCc2c(C)nn(C)c2C)s1. The molecule has 0 aliphatic heterocycles. The second-order valence-electron chi connectivity index (χ2n) is 4.12. The Labute approximate surface area is 115 Å². The molecule has 0 aliphatic rings. The van der Waals surface area contributed by atoms with Crippen LogP contribution < -0.4 is 10.6 Å². The van der Waals surface area contributed by atoms with Crippen molar-refractivity contribution >= 4 is 22.4 Å². The Balaban J connectivity index is 2.04. The van der Waals surface area contributed by atoms with Gasteiger partial charge in [0.15, 0.2) is 0 Å². The van der Waals surface area contributed by atoms with Crippen molar-refractivity contribution in [3.05, 3.63) is 22.0 Å². The van der Waals surface area contributed by atoms with Crippen LogP contribution in [0.2, 0.25) is 0 Å². The van der Waals surface area contributed by atoms with E-state index in [4.69, 9.17) is 0 Å². The van der Waals surface area contributed by atoms with E-state index in [9.17, 15) is 4.79 Å². The number of hydrogen-bond donors (Lipinski definition) is 2. The van der Waals surface area contributed by atoms with Crippen molar-refractivity contribution < 1.29 is 4.79 Å². The zero-order chi connectivity index (χ0) is 14.0. The third-order valence-corrected chi connectivity index (χ3v) is 3.86. The average Bonchev–Trinajstić information content (AvgIpc) is 2.94. The number of aromatic nitrogens is 4. The molecule has 0 aromatic carbocycles. The summed E-state index contributed by atoms with van der Waals surface area (Å²) in [6.45, 7) is 4.35. The Kier molecular flexibility index (Phi) is 3.79. The maximum atomic E-state index is 11.9. The highest BCUT2D eigenvalue weighted by atomic mass is 32.1. The predicted molar refractivity (Wildman–Crippen MR) is 73.3 cm³/mol. The van der Waals surface area contributed by atoms with Gasteiger partial charge in [-0.2, -0.15) is 5.10 Å². The topological polar surface area (TPSA) is 84.7 Å². The molecule has 8 heteroatoms. The minimum atomic E-state index is -0.221. The first-order chi connectivity index (χ1) is 9.02. The molecule has 2 rings (SSSR count). The van der Waals surface area contributed by atoms with Crippen LogP contribution in [-0.4, -0.2) is 32.9 Å². The molecule has 2 N–H and O–H groups in total. The van der Waals surface area contributed by atoms with Crippen LogP contribution in [0.1, 0.15) is 26.8 Å². The number of hydrogen-bond acceptors (Lipinski definition) is 6. The summed E-state index contributed by atoms with van der Waals surface area (Å²) >= 11 is 1.22. The summed E-state index contributed by atoms with van der Waals surface area (Å²) in [6, 6.07) is 0. The first kappa shape index (κ1) is 13.5. The van der Waals surface area contributed by atoms with Crippen molar-refractivity contribution in [2.75, 3.05) is 12.4 Å². The lowest BCUT2D eigenvalue weighted by Crippen LogP contribution is -2.23. The van der Waals surface area contributed by atoms with E-state index in [1.807, 2.05) is 20.9 Å². The molecule has 0 aliphatic carbocycles. The van der Waals surface area contributed by atoms with Crippen LogP contribution >= 0.6 is 11.3 Å². The van der Waals surface area contributed by atoms with Crippen molar-refractivity contribution in [1.82, 2.24) is 25.3 Å². The number of anilines is 1. The first-order valence-corrected chi connectivity index (χ1v) is 6.63. The second kappa shape index (κ2) is 5.35. The fourth-order valence-corrected chi connectivity index (χ4v) is 2.35. The largest absolute Gasteiger partial charge is 0.363 e. The number of nitrogens with zero attached hydrogens (tertiary/aromatic N) is 4. The number of carbonyl (C=O) groups is 1. The quantitative estimate of drug-likeness (QED) is 0.867. The van der Waals surface area contributed by atoms with E-state index < -0.39 is 0 Å². The van der Waals surface area contributed by atoms with Gasteiger partial charge in [0, 0.05) is 31.9 Å². The van der Waals surface area contributed by atoms with Crippen molar-refractivity contribution in [3.63, 3.8) is 0 Å². The summed E-state index contributed by atoms with van der Waals surface area (Å²) in [6.07, 6.45) is 0. The van der Waals surface area contributed by atoms with Gasteiger partial charge in [0.2, 0.25) is 10.1 Å². The van der Waals surface area contributed by atoms with Crippen LogP contribution in [0, 0.1) is 13.8 Å². The van der Waals surface area contributed by atoms with Gasteiger partial charge in [-0.15, -0.1) is 10.2 Å². The standard InChI is InChI=1S/C11H16N6OS/c1-6-8(7(2)17(4)16-6)5-13-9(18)10-14-15-11(12-3)19-10/h5H2,1-4H3,(H,12,15)(H,13,18). The van der Waals surface area contributed by atoms with E-state index in [1.165, 1.54) is 11.3 Å². The van der Waals surface area contributed by atoms with Gasteiger partial charge in [0.25, 0.3) is 5.91 Å². The fraction of sp³-hybridized carbons (Fsp3) is 0.455. The Bertz CT molecular complexity index is 602. The van der Waals surface area contributed by atoms with E-state index in [0.717, 1.165) is 17.0 Å². The normalized spacial score (nSPS) is 10.5. The maximum absolute atomic E-state index is 11.9. The summed E-state index contributed by atoms with van der Waals surface area (Å²) in [4.78, 5) is 11.9. The molecular formula is C11H16N6OS. The summed E-state index contributed by atoms with van der Waals surface area (Å²) in [5.41, 5.74) is 3.01. The molecule has 0 saturated heterocycles. The molecule has 19 heavy (non-hydrogen) atoms. The number of aryl methyl sites for hydroxylation is 2. The van der Waals surface area contributed by atoms with Crippen molar-refractivity contribution in [3.8, 4) is 0 Å². The Morgan fingerprint density at radius 2 is 2.11 bits per heavy atom. The van der Waals surface area contributed by atoms with Gasteiger partial charge >= 0.3 is 0 Å². The summed E-state index contributed by atoms with van der Waals surface area (Å²) in [5, 5.41) is 18.6. The van der Waals surface area contributed by atoms with E-state index in [0.29, 0.717) is 16.7 Å². The first-order valence-electron chi connectivity index (χ1n) is 5.81. The molecule has 7 nitrogen and oxygen atoms in total. The van der Waals surface area contributed by atoms with Crippen LogP contribution in [0.4, 0.5) is 5.13 Å². The number of rotatable bonds is 4. The highest BCUT2D eigenvalue weighted by molar-refractivity contribution is 7.17. The highest BCUT2D eigenvalue weighted by Crippen LogP contribution is 2.15. The highest BCUT2D eigenvalue weighted by Gasteiger charge is 2.14. The van der Waals surface area contributed by atoms with Gasteiger partial charge in [-0.25, -0.2) is 0 Å². The lowest BCUT2D eigenvalue weighted by molar-refractivity contribution is 0.0949. The van der Waals surface area contributed by atoms with E-state index in [2.05, 4.69) is 25.9 Å². The van der Waals surface area contributed by atoms with Gasteiger partial charge in [-0.1, -0.05) is 11.3 Å². The molecule has 1 amide bonds. The van der Waals surface area contributed by atoms with E-state index >= 15 is 0 Å². The summed E-state index contributed by atoms with van der Waals surface area (Å²) < 4.78 is 1.81. The monoisotopic (exact) mass is 280 g/mol. The minimum Gasteiger partial charge on any atom is -0.363 e. The fourth-order valence-electron chi connectivity index (χ4n) is 1.73. The van der Waals surface area contributed by atoms with E-state index in [-0.39, 0.29) is 5.91 Å². The molecular weight excluding hydrogens is 264 g/mol. The average molecular weight is 280 g/mol. The molecule has 0 saturated carbocycles. The van der Waals surface area contributed by atoms with Gasteiger partial charge in [0.05, 0.1) is 5.69 Å². The third kappa shape index (κ3) is 2.73. The number of amides is 1. The molecule has 2 aromatic rings. The molecule has 0 unspecified atom stereocenters. The second-order valence-corrected chi connectivity index (χ2v) is 5.10. The lowest BCUT2D eigenvalue weighted by atomic mass is 10.2. The Morgan fingerprint density at radius 3 is 2.63 bits per heavy atom. The van der Waals surface area contributed by atoms with Gasteiger partial charge in [-0.3, -0.25) is 9.48 Å². The zero-order valence-electron chi connectivity index (χ0n) is 11.3. The molecule has 0 atom stereocenters. The number of carbonyl (C=O) groups excluding carboxylic acids is 1. The van der Waals surface area contributed by atoms with Crippen LogP contribution in [0.5, 0.6) is 0 Å². The molecule has 0 bridgehead atoms. The predicted octanol–water partition coefficient (Wildman–Crippen LogP) is 0.860. The van der Waals surface area contributed by atoms with Crippen LogP contribution in [0.15, 0.2) is 0 Å². The Morgan fingerprint density at radius 1 is 1.37 bits per heavy atom. The molecule has 2 aromatic heterocycles. The zero-order valence-corrected chi connectivity index (χ0v) is 12.1.